The largest absolute Gasteiger partial charge is 0.355 e. The van der Waals surface area contributed by atoms with Crippen LogP contribution in [0.4, 0.5) is 0 Å². The molecule has 0 saturated heterocycles. The van der Waals surface area contributed by atoms with Gasteiger partial charge in [0.15, 0.2) is 0 Å². The lowest BCUT2D eigenvalue weighted by atomic mass is 9.88. The molecule has 0 aliphatic heterocycles. The fraction of sp³-hybridized carbons (Fsp3) is 0.238. The summed E-state index contributed by atoms with van der Waals surface area (Å²) < 4.78 is 1.62. The highest BCUT2D eigenvalue weighted by Gasteiger charge is 2.14. The van der Waals surface area contributed by atoms with Crippen LogP contribution in [-0.4, -0.2) is 38.4 Å². The van der Waals surface area contributed by atoms with E-state index in [1.165, 1.54) is 22.9 Å². The van der Waals surface area contributed by atoms with Crippen LogP contribution in [0.2, 0.25) is 0 Å². The average Bonchev–Trinajstić information content (AvgIpc) is 3.18. The number of benzene rings is 2. The molecule has 2 aromatic carbocycles. The van der Waals surface area contributed by atoms with Crippen LogP contribution >= 0.6 is 11.8 Å². The number of carbonyl (C=O) groups excluding carboxylic acids is 1. The van der Waals surface area contributed by atoms with Crippen molar-refractivity contribution in [2.45, 2.75) is 24.0 Å². The van der Waals surface area contributed by atoms with Gasteiger partial charge in [-0.25, -0.2) is 4.68 Å². The Hall–Kier alpha value is -2.93. The highest BCUT2D eigenvalue weighted by Crippen LogP contribution is 2.27. The molecule has 3 aromatic rings. The first-order valence-corrected chi connectivity index (χ1v) is 10.1. The summed E-state index contributed by atoms with van der Waals surface area (Å²) in [6, 6.07) is 20.8. The molecule has 28 heavy (non-hydrogen) atoms. The first kappa shape index (κ1) is 19.8. The van der Waals surface area contributed by atoms with Gasteiger partial charge in [-0.05, 0) is 28.0 Å². The highest BCUT2D eigenvalue weighted by molar-refractivity contribution is 7.99. The second-order valence-electron chi connectivity index (χ2n) is 6.23. The van der Waals surface area contributed by atoms with E-state index in [1.807, 2.05) is 36.4 Å². The van der Waals surface area contributed by atoms with Crippen LogP contribution in [0.15, 0.2) is 78.5 Å². The third kappa shape index (κ3) is 5.53. The molecule has 0 aliphatic carbocycles. The monoisotopic (exact) mass is 393 g/mol. The molecule has 7 heteroatoms. The van der Waals surface area contributed by atoms with E-state index in [-0.39, 0.29) is 17.6 Å². The fourth-order valence-corrected chi connectivity index (χ4v) is 3.69. The molecular formula is C21H23N5OS. The van der Waals surface area contributed by atoms with Gasteiger partial charge in [-0.3, -0.25) is 4.79 Å². The van der Waals surface area contributed by atoms with Gasteiger partial charge < -0.3 is 5.32 Å². The molecular weight excluding hydrogens is 370 g/mol. The van der Waals surface area contributed by atoms with Crippen LogP contribution in [0.25, 0.3) is 0 Å². The molecule has 0 atom stereocenters. The summed E-state index contributed by atoms with van der Waals surface area (Å²) in [4.78, 5) is 12.2. The molecule has 3 rings (SSSR count). The van der Waals surface area contributed by atoms with Crippen LogP contribution in [0.1, 0.15) is 23.5 Å². The first-order valence-electron chi connectivity index (χ1n) is 9.14. The molecule has 0 bridgehead atoms. The van der Waals surface area contributed by atoms with Crippen LogP contribution in [0.3, 0.4) is 0 Å². The fourth-order valence-electron chi connectivity index (χ4n) is 2.97. The van der Waals surface area contributed by atoms with Gasteiger partial charge in [0, 0.05) is 12.5 Å². The van der Waals surface area contributed by atoms with E-state index in [4.69, 9.17) is 0 Å². The summed E-state index contributed by atoms with van der Waals surface area (Å²) in [6.07, 6.45) is 2.55. The zero-order valence-electron chi connectivity index (χ0n) is 15.6. The van der Waals surface area contributed by atoms with Crippen molar-refractivity contribution in [3.05, 3.63) is 84.4 Å². The Morgan fingerprint density at radius 1 is 1.11 bits per heavy atom. The molecule has 0 aliphatic rings. The minimum absolute atomic E-state index is 0.0296. The maximum atomic E-state index is 12.2. The molecule has 1 heterocycles. The smallest absolute Gasteiger partial charge is 0.230 e. The van der Waals surface area contributed by atoms with Gasteiger partial charge in [-0.15, -0.1) is 11.7 Å². The third-order valence-corrected chi connectivity index (χ3v) is 5.25. The topological polar surface area (TPSA) is 72.7 Å². The molecule has 0 saturated carbocycles. The Kier molecular flexibility index (Phi) is 7.37. The average molecular weight is 394 g/mol. The Bertz CT molecular complexity index is 843. The number of hydrogen-bond donors (Lipinski definition) is 1. The number of amides is 1. The highest BCUT2D eigenvalue weighted by atomic mass is 32.2. The summed E-state index contributed by atoms with van der Waals surface area (Å²) in [5, 5.41) is 15.1. The Balaban J connectivity index is 1.53. The van der Waals surface area contributed by atoms with Crippen molar-refractivity contribution in [3.63, 3.8) is 0 Å². The number of carbonyl (C=O) groups is 1. The van der Waals surface area contributed by atoms with E-state index < -0.39 is 0 Å². The van der Waals surface area contributed by atoms with Crippen molar-refractivity contribution >= 4 is 17.7 Å². The molecule has 1 aromatic heterocycles. The van der Waals surface area contributed by atoms with E-state index in [0.29, 0.717) is 18.2 Å². The van der Waals surface area contributed by atoms with E-state index in [1.54, 1.807) is 10.8 Å². The Labute approximate surface area is 169 Å². The van der Waals surface area contributed by atoms with E-state index >= 15 is 0 Å². The Morgan fingerprint density at radius 3 is 2.36 bits per heavy atom. The van der Waals surface area contributed by atoms with Crippen molar-refractivity contribution in [3.8, 4) is 0 Å². The van der Waals surface area contributed by atoms with E-state index in [9.17, 15) is 4.79 Å². The molecule has 0 spiro atoms. The van der Waals surface area contributed by atoms with E-state index in [0.717, 1.165) is 6.42 Å². The van der Waals surface area contributed by atoms with Gasteiger partial charge in [0.1, 0.15) is 0 Å². The summed E-state index contributed by atoms with van der Waals surface area (Å²) in [5.74, 6) is 0.493. The van der Waals surface area contributed by atoms with Crippen LogP contribution < -0.4 is 5.32 Å². The molecule has 1 N–H and O–H groups in total. The third-order valence-electron chi connectivity index (χ3n) is 4.29. The SMILES string of the molecule is C=CCn1nnnc1SCC(=O)NCCC(c1ccccc1)c1ccccc1. The number of rotatable bonds is 10. The summed E-state index contributed by atoms with van der Waals surface area (Å²) in [5.41, 5.74) is 2.50. The maximum Gasteiger partial charge on any atom is 0.230 e. The zero-order chi connectivity index (χ0) is 19.6. The lowest BCUT2D eigenvalue weighted by Gasteiger charge is -2.18. The molecule has 1 amide bonds. The number of nitrogens with one attached hydrogen (secondary N) is 1. The summed E-state index contributed by atoms with van der Waals surface area (Å²) in [6.45, 7) is 4.80. The lowest BCUT2D eigenvalue weighted by Crippen LogP contribution is -2.27. The van der Waals surface area contributed by atoms with Gasteiger partial charge in [-0.2, -0.15) is 0 Å². The quantitative estimate of drug-likeness (QED) is 0.423. The van der Waals surface area contributed by atoms with Crippen molar-refractivity contribution in [2.75, 3.05) is 12.3 Å². The predicted molar refractivity (Wildman–Crippen MR) is 111 cm³/mol. The number of hydrogen-bond acceptors (Lipinski definition) is 5. The Morgan fingerprint density at radius 2 is 1.75 bits per heavy atom. The molecule has 0 fully saturated rings. The van der Waals surface area contributed by atoms with Gasteiger partial charge in [-0.1, -0.05) is 78.5 Å². The van der Waals surface area contributed by atoms with Crippen molar-refractivity contribution < 1.29 is 4.79 Å². The molecule has 144 valence electrons. The maximum absolute atomic E-state index is 12.2. The predicted octanol–water partition coefficient (Wildman–Crippen LogP) is 3.29. The summed E-state index contributed by atoms with van der Waals surface area (Å²) in [7, 11) is 0. The number of thioether (sulfide) groups is 1. The van der Waals surface area contributed by atoms with Crippen LogP contribution in [-0.2, 0) is 11.3 Å². The number of allylic oxidation sites excluding steroid dienone is 1. The minimum Gasteiger partial charge on any atom is -0.355 e. The van der Waals surface area contributed by atoms with Gasteiger partial charge in [0.25, 0.3) is 0 Å². The molecule has 6 nitrogen and oxygen atoms in total. The molecule has 0 unspecified atom stereocenters. The number of nitrogens with zero attached hydrogens (tertiary/aromatic N) is 4. The zero-order valence-corrected chi connectivity index (χ0v) is 16.4. The minimum atomic E-state index is -0.0296. The van der Waals surface area contributed by atoms with Gasteiger partial charge in [0.05, 0.1) is 12.3 Å². The van der Waals surface area contributed by atoms with Gasteiger partial charge >= 0.3 is 0 Å². The normalized spacial score (nSPS) is 10.8. The molecule has 0 radical (unpaired) electrons. The number of tetrazole rings is 1. The second kappa shape index (κ2) is 10.4. The van der Waals surface area contributed by atoms with Crippen molar-refractivity contribution in [2.24, 2.45) is 0 Å². The second-order valence-corrected chi connectivity index (χ2v) is 7.18. The van der Waals surface area contributed by atoms with Crippen LogP contribution in [0.5, 0.6) is 0 Å². The van der Waals surface area contributed by atoms with Gasteiger partial charge in [0.2, 0.25) is 11.1 Å². The standard InChI is InChI=1S/C21H23N5OS/c1-2-15-26-21(23-24-25-26)28-16-20(27)22-14-13-19(17-9-5-3-6-10-17)18-11-7-4-8-12-18/h2-12,19H,1,13-16H2,(H,22,27). The first-order chi connectivity index (χ1) is 13.8. The lowest BCUT2D eigenvalue weighted by molar-refractivity contribution is -0.118. The summed E-state index contributed by atoms with van der Waals surface area (Å²) >= 11 is 1.32. The van der Waals surface area contributed by atoms with E-state index in [2.05, 4.69) is 51.7 Å². The van der Waals surface area contributed by atoms with Crippen molar-refractivity contribution in [1.29, 1.82) is 0 Å². The van der Waals surface area contributed by atoms with Crippen molar-refractivity contribution in [1.82, 2.24) is 25.5 Å². The van der Waals surface area contributed by atoms with Crippen LogP contribution in [0, 0.1) is 0 Å². The number of aromatic nitrogens is 4.